The van der Waals surface area contributed by atoms with E-state index in [4.69, 9.17) is 10.5 Å². The largest absolute Gasteiger partial charge is 0.382 e. The smallest absolute Gasteiger partial charge is 0.227 e. The minimum atomic E-state index is 0. The van der Waals surface area contributed by atoms with Gasteiger partial charge in [-0.25, -0.2) is 0 Å². The number of fused-ring (bicyclic) bond motifs is 1. The van der Waals surface area contributed by atoms with Gasteiger partial charge in [0.1, 0.15) is 5.82 Å². The van der Waals surface area contributed by atoms with E-state index in [0.29, 0.717) is 25.3 Å². The van der Waals surface area contributed by atoms with Crippen LogP contribution in [0.3, 0.4) is 0 Å². The van der Waals surface area contributed by atoms with Gasteiger partial charge in [0.15, 0.2) is 0 Å². The molecule has 3 aromatic rings. The third-order valence-corrected chi connectivity index (χ3v) is 5.11. The number of hydrogen-bond acceptors (Lipinski definition) is 4. The van der Waals surface area contributed by atoms with Crippen molar-refractivity contribution in [2.45, 2.75) is 31.5 Å². The Hall–Kier alpha value is -2.51. The molecule has 1 aliphatic heterocycles. The van der Waals surface area contributed by atoms with Gasteiger partial charge in [0, 0.05) is 37.0 Å². The molecule has 27 heavy (non-hydrogen) atoms. The number of carbonyl (C=O) groups is 1. The van der Waals surface area contributed by atoms with E-state index in [1.807, 2.05) is 41.6 Å². The molecule has 8 heteroatoms. The summed E-state index contributed by atoms with van der Waals surface area (Å²) in [6.45, 7) is 1.23. The van der Waals surface area contributed by atoms with Gasteiger partial charge in [0.25, 0.3) is 0 Å². The lowest BCUT2D eigenvalue weighted by molar-refractivity contribution is -0.131. The normalized spacial score (nSPS) is 19.4. The molecule has 1 amide bonds. The Bertz CT molecular complexity index is 922. The number of benzene rings is 1. The maximum absolute atomic E-state index is 13.0. The minimum absolute atomic E-state index is 0. The molecule has 4 rings (SSSR count). The highest BCUT2D eigenvalue weighted by Crippen LogP contribution is 2.24. The zero-order chi connectivity index (χ0) is 18.1. The maximum Gasteiger partial charge on any atom is 0.227 e. The van der Waals surface area contributed by atoms with Gasteiger partial charge in [0.2, 0.25) is 5.91 Å². The molecule has 1 aliphatic rings. The molecular weight excluding hydrogens is 366 g/mol. The predicted octanol–water partition coefficient (Wildman–Crippen LogP) is 2.23. The topological polar surface area (TPSA) is 89.2 Å². The monoisotopic (exact) mass is 389 g/mol. The summed E-state index contributed by atoms with van der Waals surface area (Å²) in [6, 6.07) is 9.86. The molecule has 0 saturated carbocycles. The lowest BCUT2D eigenvalue weighted by Gasteiger charge is -2.24. The van der Waals surface area contributed by atoms with E-state index in [1.54, 1.807) is 17.9 Å². The van der Waals surface area contributed by atoms with Gasteiger partial charge in [-0.05, 0) is 24.1 Å². The summed E-state index contributed by atoms with van der Waals surface area (Å²) in [5, 5.41) is 5.34. The summed E-state index contributed by atoms with van der Waals surface area (Å²) >= 11 is 0. The highest BCUT2D eigenvalue weighted by atomic mass is 35.5. The Kier molecular flexibility index (Phi) is 5.72. The minimum Gasteiger partial charge on any atom is -0.382 e. The standard InChI is InChI=1S/C19H23N5O2.ClH/c1-26-15-9-14(11-23-7-6-18(20)22-23)24(12-15)19(25)8-13-10-21-17-5-3-2-4-16(13)17;/h2-7,10,14-15,21H,8-9,11-12H2,1H3,(H2,20,22);1H/t14-,15-;/m0./s1. The number of halogens is 1. The molecule has 3 heterocycles. The molecule has 0 radical (unpaired) electrons. The van der Waals surface area contributed by atoms with Crippen molar-refractivity contribution in [3.8, 4) is 0 Å². The quantitative estimate of drug-likeness (QED) is 0.700. The Labute approximate surface area is 163 Å². The Morgan fingerprint density at radius 3 is 2.93 bits per heavy atom. The van der Waals surface area contributed by atoms with Crippen LogP contribution in [0.25, 0.3) is 10.9 Å². The van der Waals surface area contributed by atoms with E-state index >= 15 is 0 Å². The van der Waals surface area contributed by atoms with Gasteiger partial charge < -0.3 is 20.4 Å². The van der Waals surface area contributed by atoms with E-state index in [1.165, 1.54) is 0 Å². The van der Waals surface area contributed by atoms with Crippen LogP contribution in [0, 0.1) is 0 Å². The van der Waals surface area contributed by atoms with Crippen LogP contribution in [-0.4, -0.2) is 51.4 Å². The Morgan fingerprint density at radius 1 is 1.37 bits per heavy atom. The molecule has 0 aliphatic carbocycles. The molecule has 1 saturated heterocycles. The fourth-order valence-corrected chi connectivity index (χ4v) is 3.76. The maximum atomic E-state index is 13.0. The number of nitrogens with two attached hydrogens (primary N) is 1. The number of aromatic amines is 1. The number of nitrogens with one attached hydrogen (secondary N) is 1. The van der Waals surface area contributed by atoms with Crippen LogP contribution in [0.1, 0.15) is 12.0 Å². The van der Waals surface area contributed by atoms with Crippen LogP contribution in [0.2, 0.25) is 0 Å². The number of aromatic nitrogens is 3. The number of amides is 1. The molecule has 7 nitrogen and oxygen atoms in total. The SMILES string of the molecule is CO[C@H]1C[C@@H](Cn2ccc(N)n2)N(C(=O)Cc2c[nH]c3ccccc23)C1.Cl. The van der Waals surface area contributed by atoms with Gasteiger partial charge in [-0.15, -0.1) is 12.4 Å². The Morgan fingerprint density at radius 2 is 2.19 bits per heavy atom. The number of H-pyrrole nitrogens is 1. The molecule has 0 bridgehead atoms. The van der Waals surface area contributed by atoms with E-state index in [9.17, 15) is 4.79 Å². The lowest BCUT2D eigenvalue weighted by atomic mass is 10.1. The number of nitrogens with zero attached hydrogens (tertiary/aromatic N) is 3. The third-order valence-electron chi connectivity index (χ3n) is 5.11. The second kappa shape index (κ2) is 8.02. The molecule has 1 aromatic carbocycles. The number of para-hydroxylation sites is 1. The summed E-state index contributed by atoms with van der Waals surface area (Å²) in [6.07, 6.45) is 5.00. The van der Waals surface area contributed by atoms with E-state index < -0.39 is 0 Å². The predicted molar refractivity (Wildman–Crippen MR) is 107 cm³/mol. The summed E-state index contributed by atoms with van der Waals surface area (Å²) in [5.74, 6) is 0.599. The molecule has 0 unspecified atom stereocenters. The molecule has 1 fully saturated rings. The summed E-state index contributed by atoms with van der Waals surface area (Å²) < 4.78 is 7.31. The van der Waals surface area contributed by atoms with Gasteiger partial charge in [-0.2, -0.15) is 5.10 Å². The molecule has 2 aromatic heterocycles. The van der Waals surface area contributed by atoms with Crippen LogP contribution in [0.4, 0.5) is 5.82 Å². The van der Waals surface area contributed by atoms with E-state index in [0.717, 1.165) is 22.9 Å². The van der Waals surface area contributed by atoms with Gasteiger partial charge in [-0.3, -0.25) is 9.48 Å². The summed E-state index contributed by atoms with van der Waals surface area (Å²) in [4.78, 5) is 18.2. The van der Waals surface area contributed by atoms with Crippen LogP contribution in [0.5, 0.6) is 0 Å². The number of hydrogen-bond donors (Lipinski definition) is 2. The summed E-state index contributed by atoms with van der Waals surface area (Å²) in [5.41, 5.74) is 7.78. The van der Waals surface area contributed by atoms with Crippen LogP contribution in [0.15, 0.2) is 42.7 Å². The molecule has 2 atom stereocenters. The van der Waals surface area contributed by atoms with Crippen molar-refractivity contribution in [2.75, 3.05) is 19.4 Å². The van der Waals surface area contributed by atoms with Crippen molar-refractivity contribution >= 4 is 35.0 Å². The first-order valence-corrected chi connectivity index (χ1v) is 8.80. The first-order chi connectivity index (χ1) is 12.6. The van der Waals surface area contributed by atoms with Crippen molar-refractivity contribution in [1.82, 2.24) is 19.7 Å². The lowest BCUT2D eigenvalue weighted by Crippen LogP contribution is -2.39. The molecule has 3 N–H and O–H groups in total. The average molecular weight is 390 g/mol. The molecular formula is C19H24ClN5O2. The number of rotatable bonds is 5. The number of nitrogen functional groups attached to an aromatic ring is 1. The van der Waals surface area contributed by atoms with E-state index in [-0.39, 0.29) is 30.5 Å². The zero-order valence-corrected chi connectivity index (χ0v) is 16.0. The number of likely N-dealkylation sites (tertiary alicyclic amines) is 1. The third kappa shape index (κ3) is 3.94. The van der Waals surface area contributed by atoms with Crippen molar-refractivity contribution < 1.29 is 9.53 Å². The van der Waals surface area contributed by atoms with Crippen molar-refractivity contribution in [2.24, 2.45) is 0 Å². The first kappa shape index (κ1) is 19.3. The number of carbonyl (C=O) groups excluding carboxylic acids is 1. The fraction of sp³-hybridized carbons (Fsp3) is 0.368. The van der Waals surface area contributed by atoms with E-state index in [2.05, 4.69) is 10.1 Å². The second-order valence-corrected chi connectivity index (χ2v) is 6.79. The summed E-state index contributed by atoms with van der Waals surface area (Å²) in [7, 11) is 1.70. The van der Waals surface area contributed by atoms with Crippen LogP contribution < -0.4 is 5.73 Å². The van der Waals surface area contributed by atoms with Gasteiger partial charge >= 0.3 is 0 Å². The molecule has 0 spiro atoms. The fourth-order valence-electron chi connectivity index (χ4n) is 3.76. The van der Waals surface area contributed by atoms with Crippen LogP contribution in [-0.2, 0) is 22.5 Å². The van der Waals surface area contributed by atoms with Crippen molar-refractivity contribution in [1.29, 1.82) is 0 Å². The van der Waals surface area contributed by atoms with Crippen molar-refractivity contribution in [3.05, 3.63) is 48.3 Å². The van der Waals surface area contributed by atoms with Gasteiger partial charge in [0.05, 0.1) is 25.1 Å². The zero-order valence-electron chi connectivity index (χ0n) is 15.2. The number of methoxy groups -OCH3 is 1. The average Bonchev–Trinajstić information content (AvgIpc) is 3.35. The first-order valence-electron chi connectivity index (χ1n) is 8.80. The highest BCUT2D eigenvalue weighted by Gasteiger charge is 2.35. The second-order valence-electron chi connectivity index (χ2n) is 6.79. The molecule has 144 valence electrons. The van der Waals surface area contributed by atoms with Crippen LogP contribution >= 0.6 is 12.4 Å². The highest BCUT2D eigenvalue weighted by molar-refractivity contribution is 5.89. The van der Waals surface area contributed by atoms with Crippen molar-refractivity contribution in [3.63, 3.8) is 0 Å². The number of anilines is 1. The Balaban J connectivity index is 0.00000210. The van der Waals surface area contributed by atoms with Gasteiger partial charge in [-0.1, -0.05) is 18.2 Å². The number of ether oxygens (including phenoxy) is 1.